The van der Waals surface area contributed by atoms with Gasteiger partial charge in [-0.15, -0.1) is 0 Å². The summed E-state index contributed by atoms with van der Waals surface area (Å²) in [7, 11) is 0. The fraction of sp³-hybridized carbons (Fsp3) is 0.158. The molecule has 3 heteroatoms. The zero-order chi connectivity index (χ0) is 15.5. The van der Waals surface area contributed by atoms with Crippen molar-refractivity contribution >= 4 is 16.5 Å². The fourth-order valence-corrected chi connectivity index (χ4v) is 2.60. The van der Waals surface area contributed by atoms with Crippen LogP contribution in [0.25, 0.3) is 10.8 Å². The quantitative estimate of drug-likeness (QED) is 0.685. The Balaban J connectivity index is 1.78. The number of aromatic hydroxyl groups is 1. The fourth-order valence-electron chi connectivity index (χ4n) is 2.60. The summed E-state index contributed by atoms with van der Waals surface area (Å²) in [5.74, 6) is 0.296. The van der Waals surface area contributed by atoms with Gasteiger partial charge in [0.2, 0.25) is 0 Å². The van der Waals surface area contributed by atoms with Gasteiger partial charge in [0.15, 0.2) is 0 Å². The molecule has 0 aliphatic heterocycles. The molecule has 0 saturated heterocycles. The number of hydrogen-bond acceptors (Lipinski definition) is 3. The van der Waals surface area contributed by atoms with E-state index in [2.05, 4.69) is 5.48 Å². The van der Waals surface area contributed by atoms with Gasteiger partial charge in [-0.25, -0.2) is 0 Å². The number of phenolic OH excluding ortho intramolecular Hbond substituents is 1. The van der Waals surface area contributed by atoms with Gasteiger partial charge in [0.1, 0.15) is 12.4 Å². The molecule has 3 rings (SSSR count). The lowest BCUT2D eigenvalue weighted by molar-refractivity contribution is 0.177. The van der Waals surface area contributed by atoms with Crippen LogP contribution in [0.3, 0.4) is 0 Å². The zero-order valence-corrected chi connectivity index (χ0v) is 12.8. The largest absolute Gasteiger partial charge is 0.507 e. The van der Waals surface area contributed by atoms with Gasteiger partial charge in [-0.1, -0.05) is 36.4 Å². The van der Waals surface area contributed by atoms with Crippen molar-refractivity contribution in [2.75, 3.05) is 5.48 Å². The summed E-state index contributed by atoms with van der Waals surface area (Å²) in [5, 5.41) is 12.5. The van der Waals surface area contributed by atoms with E-state index in [0.29, 0.717) is 12.4 Å². The van der Waals surface area contributed by atoms with Gasteiger partial charge in [0.05, 0.1) is 5.69 Å². The van der Waals surface area contributed by atoms with E-state index in [1.807, 2.05) is 68.4 Å². The number of hydrogen-bond donors (Lipinski definition) is 2. The van der Waals surface area contributed by atoms with E-state index in [-0.39, 0.29) is 0 Å². The maximum absolute atomic E-state index is 10.3. The predicted molar refractivity (Wildman–Crippen MR) is 89.9 cm³/mol. The first-order valence-electron chi connectivity index (χ1n) is 7.30. The van der Waals surface area contributed by atoms with E-state index in [4.69, 9.17) is 4.84 Å². The van der Waals surface area contributed by atoms with Crippen molar-refractivity contribution in [3.05, 3.63) is 71.3 Å². The Morgan fingerprint density at radius 1 is 1.00 bits per heavy atom. The first-order valence-corrected chi connectivity index (χ1v) is 7.30. The zero-order valence-electron chi connectivity index (χ0n) is 12.8. The Bertz CT molecular complexity index is 812. The molecule has 0 saturated carbocycles. The van der Waals surface area contributed by atoms with Crippen LogP contribution in [0, 0.1) is 13.8 Å². The van der Waals surface area contributed by atoms with E-state index in [9.17, 15) is 5.11 Å². The highest BCUT2D eigenvalue weighted by Crippen LogP contribution is 2.31. The Morgan fingerprint density at radius 3 is 2.64 bits per heavy atom. The van der Waals surface area contributed by atoms with Crippen molar-refractivity contribution in [1.29, 1.82) is 0 Å². The van der Waals surface area contributed by atoms with Crippen LogP contribution in [0.4, 0.5) is 5.69 Å². The normalized spacial score (nSPS) is 10.8. The molecule has 0 fully saturated rings. The maximum Gasteiger partial charge on any atom is 0.124 e. The van der Waals surface area contributed by atoms with Crippen molar-refractivity contribution in [1.82, 2.24) is 0 Å². The first-order chi connectivity index (χ1) is 10.6. The number of benzene rings is 3. The second-order valence-electron chi connectivity index (χ2n) is 5.49. The molecule has 2 N–H and O–H groups in total. The highest BCUT2D eigenvalue weighted by Gasteiger charge is 2.09. The lowest BCUT2D eigenvalue weighted by Crippen LogP contribution is -2.02. The Morgan fingerprint density at radius 2 is 1.82 bits per heavy atom. The van der Waals surface area contributed by atoms with Crippen molar-refractivity contribution in [3.63, 3.8) is 0 Å². The van der Waals surface area contributed by atoms with Crippen molar-refractivity contribution in [3.8, 4) is 5.75 Å². The molecule has 22 heavy (non-hydrogen) atoms. The molecule has 0 aromatic heterocycles. The monoisotopic (exact) mass is 293 g/mol. The van der Waals surface area contributed by atoms with E-state index in [0.717, 1.165) is 33.2 Å². The molecule has 0 aliphatic carbocycles. The van der Waals surface area contributed by atoms with Gasteiger partial charge in [0, 0.05) is 5.56 Å². The van der Waals surface area contributed by atoms with Gasteiger partial charge in [-0.3, -0.25) is 10.3 Å². The number of aryl methyl sites for hydroxylation is 2. The van der Waals surface area contributed by atoms with E-state index >= 15 is 0 Å². The summed E-state index contributed by atoms with van der Waals surface area (Å²) in [6.07, 6.45) is 0. The third-order valence-corrected chi connectivity index (χ3v) is 3.79. The summed E-state index contributed by atoms with van der Waals surface area (Å²) in [6, 6.07) is 17.9. The Labute approximate surface area is 130 Å². The van der Waals surface area contributed by atoms with Gasteiger partial charge in [-0.2, -0.15) is 0 Å². The molecule has 3 nitrogen and oxygen atoms in total. The van der Waals surface area contributed by atoms with E-state index in [1.165, 1.54) is 0 Å². The van der Waals surface area contributed by atoms with Gasteiger partial charge in [0.25, 0.3) is 0 Å². The lowest BCUT2D eigenvalue weighted by Gasteiger charge is -2.12. The van der Waals surface area contributed by atoms with Crippen LogP contribution in [0.5, 0.6) is 5.75 Å². The third-order valence-electron chi connectivity index (χ3n) is 3.79. The first kappa shape index (κ1) is 14.4. The minimum absolute atomic E-state index is 0.296. The molecule has 0 bridgehead atoms. The molecular weight excluding hydrogens is 274 g/mol. The van der Waals surface area contributed by atoms with Crippen LogP contribution in [0.2, 0.25) is 0 Å². The SMILES string of the molecule is Cc1cccc(NOCc2cc3ccccc3c(C)c2O)c1. The highest BCUT2D eigenvalue weighted by atomic mass is 16.6. The molecule has 0 heterocycles. The third kappa shape index (κ3) is 2.90. The molecule has 0 unspecified atom stereocenters. The second kappa shape index (κ2) is 6.08. The summed E-state index contributed by atoms with van der Waals surface area (Å²) in [4.78, 5) is 5.54. The summed E-state index contributed by atoms with van der Waals surface area (Å²) in [5.41, 5.74) is 6.64. The summed E-state index contributed by atoms with van der Waals surface area (Å²) >= 11 is 0. The molecular formula is C19H19NO2. The minimum Gasteiger partial charge on any atom is -0.507 e. The number of phenols is 1. The molecule has 3 aromatic carbocycles. The van der Waals surface area contributed by atoms with Crippen molar-refractivity contribution in [2.45, 2.75) is 20.5 Å². The van der Waals surface area contributed by atoms with Crippen molar-refractivity contribution < 1.29 is 9.94 Å². The maximum atomic E-state index is 10.3. The van der Waals surface area contributed by atoms with Crippen LogP contribution in [0.1, 0.15) is 16.7 Å². The Hall–Kier alpha value is -2.52. The van der Waals surface area contributed by atoms with E-state index < -0.39 is 0 Å². The molecule has 112 valence electrons. The summed E-state index contributed by atoms with van der Waals surface area (Å²) < 4.78 is 0. The number of fused-ring (bicyclic) bond motifs is 1. The molecule has 0 amide bonds. The van der Waals surface area contributed by atoms with Gasteiger partial charge < -0.3 is 5.11 Å². The number of nitrogens with one attached hydrogen (secondary N) is 1. The molecule has 0 atom stereocenters. The number of rotatable bonds is 4. The van der Waals surface area contributed by atoms with Gasteiger partial charge >= 0.3 is 0 Å². The topological polar surface area (TPSA) is 41.5 Å². The van der Waals surface area contributed by atoms with Crippen LogP contribution in [-0.4, -0.2) is 5.11 Å². The van der Waals surface area contributed by atoms with Crippen LogP contribution in [-0.2, 0) is 11.4 Å². The highest BCUT2D eigenvalue weighted by molar-refractivity contribution is 5.88. The second-order valence-corrected chi connectivity index (χ2v) is 5.49. The standard InChI is InChI=1S/C19H19NO2/c1-13-6-5-8-17(10-13)20-22-12-16-11-15-7-3-4-9-18(15)14(2)19(16)21/h3-11,20-21H,12H2,1-2H3. The van der Waals surface area contributed by atoms with Crippen LogP contribution < -0.4 is 5.48 Å². The average Bonchev–Trinajstić information content (AvgIpc) is 2.52. The molecule has 0 radical (unpaired) electrons. The Kier molecular flexibility index (Phi) is 3.98. The molecule has 0 spiro atoms. The van der Waals surface area contributed by atoms with Crippen LogP contribution in [0.15, 0.2) is 54.6 Å². The average molecular weight is 293 g/mol. The summed E-state index contributed by atoms with van der Waals surface area (Å²) in [6.45, 7) is 4.25. The van der Waals surface area contributed by atoms with E-state index in [1.54, 1.807) is 0 Å². The van der Waals surface area contributed by atoms with Crippen LogP contribution >= 0.6 is 0 Å². The molecule has 3 aromatic rings. The predicted octanol–water partition coefficient (Wildman–Crippen LogP) is 4.71. The number of anilines is 1. The van der Waals surface area contributed by atoms with Crippen molar-refractivity contribution in [2.24, 2.45) is 0 Å². The smallest absolute Gasteiger partial charge is 0.124 e. The minimum atomic E-state index is 0.296. The molecule has 0 aliphatic rings. The van der Waals surface area contributed by atoms with Gasteiger partial charge in [-0.05, 0) is 53.9 Å². The lowest BCUT2D eigenvalue weighted by atomic mass is 10.0.